The summed E-state index contributed by atoms with van der Waals surface area (Å²) in [5.41, 5.74) is 0. The molecule has 2 aliphatic rings. The summed E-state index contributed by atoms with van der Waals surface area (Å²) < 4.78 is 0. The van der Waals surface area contributed by atoms with Crippen LogP contribution in [0, 0.1) is 18.8 Å². The lowest BCUT2D eigenvalue weighted by molar-refractivity contribution is 0.182. The molecule has 4 nitrogen and oxygen atoms in total. The smallest absolute Gasteiger partial charge is 0.317 e. The number of nitrogens with one attached hydrogen (secondary N) is 1. The third-order valence-electron chi connectivity index (χ3n) is 4.51. The van der Waals surface area contributed by atoms with Crippen LogP contribution < -0.4 is 5.32 Å². The lowest BCUT2D eigenvalue weighted by Gasteiger charge is -2.27. The van der Waals surface area contributed by atoms with Gasteiger partial charge in [-0.15, -0.1) is 11.3 Å². The van der Waals surface area contributed by atoms with Crippen LogP contribution in [0.25, 0.3) is 0 Å². The van der Waals surface area contributed by atoms with E-state index in [9.17, 15) is 4.79 Å². The molecular weight excluding hydrogens is 270 g/mol. The molecule has 2 fully saturated rings. The predicted octanol–water partition coefficient (Wildman–Crippen LogP) is 3.34. The number of carbonyl (C=O) groups is 1. The van der Waals surface area contributed by atoms with Gasteiger partial charge in [0.2, 0.25) is 0 Å². The van der Waals surface area contributed by atoms with Crippen molar-refractivity contribution < 1.29 is 4.79 Å². The summed E-state index contributed by atoms with van der Waals surface area (Å²) >= 11 is 1.70. The standard InChI is InChI=1S/C15H23N3OS/c1-9-8-16-14(20-9)13(12-6-7-12)17-15(19)18(3)10(2)11-4-5-11/h8,10-13H,4-7H2,1-3H3,(H,17,19)/t10-,13+/m0/s1. The normalized spacial score (nSPS) is 21.4. The number of hydrogen-bond acceptors (Lipinski definition) is 3. The number of aromatic nitrogens is 1. The Hall–Kier alpha value is -1.10. The minimum Gasteiger partial charge on any atom is -0.328 e. The van der Waals surface area contributed by atoms with Gasteiger partial charge in [-0.1, -0.05) is 0 Å². The van der Waals surface area contributed by atoms with Gasteiger partial charge in [0.25, 0.3) is 0 Å². The van der Waals surface area contributed by atoms with E-state index in [2.05, 4.69) is 24.1 Å². The third kappa shape index (κ3) is 2.97. The van der Waals surface area contributed by atoms with Gasteiger partial charge < -0.3 is 10.2 Å². The van der Waals surface area contributed by atoms with Crippen molar-refractivity contribution in [2.45, 2.75) is 51.6 Å². The Labute approximate surface area is 124 Å². The van der Waals surface area contributed by atoms with Crippen molar-refractivity contribution in [3.8, 4) is 0 Å². The molecule has 0 spiro atoms. The Kier molecular flexibility index (Phi) is 3.71. The predicted molar refractivity (Wildman–Crippen MR) is 80.8 cm³/mol. The van der Waals surface area contributed by atoms with Gasteiger partial charge in [0.05, 0.1) is 6.04 Å². The van der Waals surface area contributed by atoms with E-state index in [0.29, 0.717) is 17.9 Å². The van der Waals surface area contributed by atoms with Crippen molar-refractivity contribution >= 4 is 17.4 Å². The van der Waals surface area contributed by atoms with E-state index in [4.69, 9.17) is 0 Å². The zero-order valence-corrected chi connectivity index (χ0v) is 13.2. The maximum Gasteiger partial charge on any atom is 0.317 e. The van der Waals surface area contributed by atoms with Crippen LogP contribution in [0.15, 0.2) is 6.20 Å². The van der Waals surface area contributed by atoms with Gasteiger partial charge in [-0.2, -0.15) is 0 Å². The molecule has 20 heavy (non-hydrogen) atoms. The first kappa shape index (κ1) is 13.9. The molecule has 0 radical (unpaired) electrons. The summed E-state index contributed by atoms with van der Waals surface area (Å²) in [7, 11) is 1.91. The van der Waals surface area contributed by atoms with Crippen LogP contribution in [0.5, 0.6) is 0 Å². The number of thiazole rings is 1. The van der Waals surface area contributed by atoms with Crippen LogP contribution in [0.2, 0.25) is 0 Å². The first-order valence-corrected chi connectivity index (χ1v) is 8.33. The molecule has 0 aliphatic heterocycles. The summed E-state index contributed by atoms with van der Waals surface area (Å²) in [5.74, 6) is 1.28. The molecule has 110 valence electrons. The molecule has 1 N–H and O–H groups in total. The van der Waals surface area contributed by atoms with E-state index in [-0.39, 0.29) is 12.1 Å². The molecular formula is C15H23N3OS. The van der Waals surface area contributed by atoms with Crippen molar-refractivity contribution in [2.75, 3.05) is 7.05 Å². The van der Waals surface area contributed by atoms with Crippen LogP contribution >= 0.6 is 11.3 Å². The van der Waals surface area contributed by atoms with Gasteiger partial charge in [-0.05, 0) is 51.4 Å². The maximum atomic E-state index is 12.4. The largest absolute Gasteiger partial charge is 0.328 e. The van der Waals surface area contributed by atoms with Gasteiger partial charge in [-0.3, -0.25) is 0 Å². The molecule has 2 atom stereocenters. The number of hydrogen-bond donors (Lipinski definition) is 1. The Morgan fingerprint density at radius 3 is 2.55 bits per heavy atom. The number of rotatable bonds is 5. The Morgan fingerprint density at radius 2 is 2.05 bits per heavy atom. The molecule has 1 aromatic heterocycles. The second kappa shape index (κ2) is 5.35. The number of urea groups is 1. The Morgan fingerprint density at radius 1 is 1.40 bits per heavy atom. The van der Waals surface area contributed by atoms with Crippen LogP contribution in [-0.4, -0.2) is 29.0 Å². The molecule has 0 unspecified atom stereocenters. The third-order valence-corrected chi connectivity index (χ3v) is 5.51. The topological polar surface area (TPSA) is 45.2 Å². The van der Waals surface area contributed by atoms with Crippen molar-refractivity contribution in [1.29, 1.82) is 0 Å². The molecule has 0 aromatic carbocycles. The van der Waals surface area contributed by atoms with Crippen LogP contribution in [0.3, 0.4) is 0 Å². The summed E-state index contributed by atoms with van der Waals surface area (Å²) in [6.45, 7) is 4.21. The summed E-state index contributed by atoms with van der Waals surface area (Å²) in [5, 5.41) is 4.27. The van der Waals surface area contributed by atoms with Gasteiger partial charge in [-0.25, -0.2) is 9.78 Å². The van der Waals surface area contributed by atoms with Crippen LogP contribution in [0.1, 0.15) is 48.5 Å². The fourth-order valence-corrected chi connectivity index (χ4v) is 3.56. The molecule has 2 saturated carbocycles. The average Bonchev–Trinajstić information content (AvgIpc) is 3.32. The maximum absolute atomic E-state index is 12.4. The monoisotopic (exact) mass is 293 g/mol. The van der Waals surface area contributed by atoms with Crippen LogP contribution in [0.4, 0.5) is 4.79 Å². The Balaban J connectivity index is 1.65. The second-order valence-corrected chi connectivity index (χ2v) is 7.53. The minimum absolute atomic E-state index is 0.0501. The highest BCUT2D eigenvalue weighted by molar-refractivity contribution is 7.11. The average molecular weight is 293 g/mol. The minimum atomic E-state index is 0.0501. The molecule has 5 heteroatoms. The Bertz CT molecular complexity index is 493. The van der Waals surface area contributed by atoms with Crippen molar-refractivity contribution in [3.63, 3.8) is 0 Å². The molecule has 1 heterocycles. The fourth-order valence-electron chi connectivity index (χ4n) is 2.64. The van der Waals surface area contributed by atoms with Crippen molar-refractivity contribution in [1.82, 2.24) is 15.2 Å². The first-order chi connectivity index (χ1) is 9.56. The lowest BCUT2D eigenvalue weighted by atomic mass is 10.2. The highest BCUT2D eigenvalue weighted by Crippen LogP contribution is 2.42. The van der Waals surface area contributed by atoms with E-state index in [1.807, 2.05) is 18.1 Å². The molecule has 2 amide bonds. The molecule has 0 bridgehead atoms. The summed E-state index contributed by atoms with van der Waals surface area (Å²) in [6.07, 6.45) is 6.82. The van der Waals surface area contributed by atoms with Gasteiger partial charge in [0, 0.05) is 24.2 Å². The van der Waals surface area contributed by atoms with Gasteiger partial charge >= 0.3 is 6.03 Å². The summed E-state index contributed by atoms with van der Waals surface area (Å²) in [6, 6.07) is 0.497. The first-order valence-electron chi connectivity index (χ1n) is 7.52. The van der Waals surface area contributed by atoms with Gasteiger partial charge in [0.15, 0.2) is 0 Å². The number of aryl methyl sites for hydroxylation is 1. The van der Waals surface area contributed by atoms with Crippen molar-refractivity contribution in [3.05, 3.63) is 16.1 Å². The van der Waals surface area contributed by atoms with E-state index >= 15 is 0 Å². The van der Waals surface area contributed by atoms with Crippen molar-refractivity contribution in [2.24, 2.45) is 11.8 Å². The quantitative estimate of drug-likeness (QED) is 0.905. The SMILES string of the molecule is Cc1cnc([C@H](NC(=O)N(C)[C@@H](C)C2CC2)C2CC2)s1. The molecule has 3 rings (SSSR count). The van der Waals surface area contributed by atoms with E-state index in [0.717, 1.165) is 5.01 Å². The van der Waals surface area contributed by atoms with E-state index in [1.165, 1.54) is 30.6 Å². The zero-order valence-electron chi connectivity index (χ0n) is 12.4. The lowest BCUT2D eigenvalue weighted by Crippen LogP contribution is -2.45. The van der Waals surface area contributed by atoms with E-state index < -0.39 is 0 Å². The molecule has 2 aliphatic carbocycles. The number of amides is 2. The summed E-state index contributed by atoms with van der Waals surface area (Å²) in [4.78, 5) is 20.0. The van der Waals surface area contributed by atoms with Gasteiger partial charge in [0.1, 0.15) is 5.01 Å². The molecule has 0 saturated heterocycles. The molecule has 1 aromatic rings. The fraction of sp³-hybridized carbons (Fsp3) is 0.733. The zero-order chi connectivity index (χ0) is 14.3. The highest BCUT2D eigenvalue weighted by atomic mass is 32.1. The highest BCUT2D eigenvalue weighted by Gasteiger charge is 2.37. The second-order valence-electron chi connectivity index (χ2n) is 6.26. The van der Waals surface area contributed by atoms with Crippen LogP contribution in [-0.2, 0) is 0 Å². The van der Waals surface area contributed by atoms with E-state index in [1.54, 1.807) is 11.3 Å². The number of carbonyl (C=O) groups excluding carboxylic acids is 1. The number of nitrogens with zero attached hydrogens (tertiary/aromatic N) is 2.